The summed E-state index contributed by atoms with van der Waals surface area (Å²) in [5.41, 5.74) is 4.83. The highest BCUT2D eigenvalue weighted by Crippen LogP contribution is 2.24. The predicted molar refractivity (Wildman–Crippen MR) is 58.2 cm³/mol. The topological polar surface area (TPSA) is 75.3 Å². The van der Waals surface area contributed by atoms with E-state index in [1.54, 1.807) is 13.8 Å². The summed E-state index contributed by atoms with van der Waals surface area (Å²) < 4.78 is 0. The van der Waals surface area contributed by atoms with E-state index in [4.69, 9.17) is 5.73 Å². The van der Waals surface area contributed by atoms with E-state index in [0.29, 0.717) is 0 Å². The van der Waals surface area contributed by atoms with Crippen LogP contribution in [0.25, 0.3) is 0 Å². The van der Waals surface area contributed by atoms with Crippen LogP contribution in [0.3, 0.4) is 0 Å². The van der Waals surface area contributed by atoms with Gasteiger partial charge in [0.05, 0.1) is 11.6 Å². The maximum atomic E-state index is 10.8. The van der Waals surface area contributed by atoms with Gasteiger partial charge in [0.2, 0.25) is 0 Å². The van der Waals surface area contributed by atoms with Crippen LogP contribution in [0.1, 0.15) is 25.5 Å². The molecule has 0 aliphatic heterocycles. The van der Waals surface area contributed by atoms with E-state index in [1.165, 1.54) is 0 Å². The fraction of sp³-hybridized carbons (Fsp3) is 0.364. The number of urea groups is 1. The molecule has 0 aromatic heterocycles. The third-order valence-corrected chi connectivity index (χ3v) is 2.13. The van der Waals surface area contributed by atoms with Crippen molar-refractivity contribution >= 4 is 6.03 Å². The van der Waals surface area contributed by atoms with Crippen molar-refractivity contribution in [2.75, 3.05) is 0 Å². The van der Waals surface area contributed by atoms with Crippen molar-refractivity contribution in [3.05, 3.63) is 35.9 Å². The van der Waals surface area contributed by atoms with Crippen molar-refractivity contribution in [1.82, 2.24) is 5.32 Å². The van der Waals surface area contributed by atoms with E-state index < -0.39 is 17.7 Å². The van der Waals surface area contributed by atoms with Gasteiger partial charge < -0.3 is 16.2 Å². The van der Waals surface area contributed by atoms with Gasteiger partial charge in [0, 0.05) is 0 Å². The first-order valence-electron chi connectivity index (χ1n) is 4.74. The Hall–Kier alpha value is -1.55. The zero-order valence-electron chi connectivity index (χ0n) is 8.90. The third-order valence-electron chi connectivity index (χ3n) is 2.13. The van der Waals surface area contributed by atoms with Gasteiger partial charge in [-0.3, -0.25) is 0 Å². The van der Waals surface area contributed by atoms with E-state index in [0.717, 1.165) is 5.56 Å². The fourth-order valence-corrected chi connectivity index (χ4v) is 1.46. The highest BCUT2D eigenvalue weighted by Gasteiger charge is 2.28. The van der Waals surface area contributed by atoms with Gasteiger partial charge in [0.25, 0.3) is 0 Å². The van der Waals surface area contributed by atoms with Crippen molar-refractivity contribution in [1.29, 1.82) is 0 Å². The van der Waals surface area contributed by atoms with E-state index >= 15 is 0 Å². The summed E-state index contributed by atoms with van der Waals surface area (Å²) >= 11 is 0. The predicted octanol–water partition coefficient (Wildman–Crippen LogP) is 1.17. The molecule has 0 bridgehead atoms. The molecular formula is C11H16N2O2. The molecule has 0 aliphatic rings. The summed E-state index contributed by atoms with van der Waals surface area (Å²) in [7, 11) is 0. The molecule has 1 unspecified atom stereocenters. The van der Waals surface area contributed by atoms with Crippen LogP contribution in [0.4, 0.5) is 4.79 Å². The molecule has 0 aliphatic carbocycles. The Morgan fingerprint density at radius 2 is 1.93 bits per heavy atom. The number of carbonyl (C=O) groups is 1. The van der Waals surface area contributed by atoms with Crippen LogP contribution in [-0.2, 0) is 0 Å². The fourth-order valence-electron chi connectivity index (χ4n) is 1.46. The number of benzene rings is 1. The maximum Gasteiger partial charge on any atom is 0.312 e. The first-order chi connectivity index (χ1) is 6.91. The van der Waals surface area contributed by atoms with Crippen molar-refractivity contribution in [2.24, 2.45) is 5.73 Å². The lowest BCUT2D eigenvalue weighted by Crippen LogP contribution is -2.44. The van der Waals surface area contributed by atoms with Gasteiger partial charge in [-0.05, 0) is 19.4 Å². The first-order valence-corrected chi connectivity index (χ1v) is 4.74. The molecule has 0 radical (unpaired) electrons. The highest BCUT2D eigenvalue weighted by atomic mass is 16.3. The van der Waals surface area contributed by atoms with Crippen molar-refractivity contribution in [3.63, 3.8) is 0 Å². The van der Waals surface area contributed by atoms with Gasteiger partial charge in [0.15, 0.2) is 0 Å². The van der Waals surface area contributed by atoms with Crippen LogP contribution < -0.4 is 11.1 Å². The molecule has 0 heterocycles. The SMILES string of the molecule is CC(C)(O)C(NC(N)=O)c1ccccc1. The number of rotatable bonds is 3. The van der Waals surface area contributed by atoms with Gasteiger partial charge in [-0.1, -0.05) is 30.3 Å². The van der Waals surface area contributed by atoms with E-state index in [2.05, 4.69) is 5.32 Å². The first kappa shape index (κ1) is 11.5. The normalized spacial score (nSPS) is 13.3. The molecule has 4 N–H and O–H groups in total. The standard InChI is InChI=1S/C11H16N2O2/c1-11(2,15)9(13-10(12)14)8-6-4-3-5-7-8/h3-7,9,15H,1-2H3,(H3,12,13,14). The number of aliphatic hydroxyl groups is 1. The van der Waals surface area contributed by atoms with Crippen LogP contribution in [0.5, 0.6) is 0 Å². The smallest absolute Gasteiger partial charge is 0.312 e. The van der Waals surface area contributed by atoms with E-state index in [1.807, 2.05) is 30.3 Å². The number of nitrogens with one attached hydrogen (secondary N) is 1. The second kappa shape index (κ2) is 4.31. The van der Waals surface area contributed by atoms with Gasteiger partial charge in [0.1, 0.15) is 0 Å². The zero-order chi connectivity index (χ0) is 11.5. The van der Waals surface area contributed by atoms with E-state index in [-0.39, 0.29) is 0 Å². The molecule has 4 heteroatoms. The molecule has 1 aromatic carbocycles. The molecular weight excluding hydrogens is 192 g/mol. The molecule has 1 atom stereocenters. The summed E-state index contributed by atoms with van der Waals surface area (Å²) in [6.45, 7) is 3.25. The minimum absolute atomic E-state index is 0.504. The summed E-state index contributed by atoms with van der Waals surface area (Å²) in [6, 6.07) is 8.07. The summed E-state index contributed by atoms with van der Waals surface area (Å²) in [5.74, 6) is 0. The van der Waals surface area contributed by atoms with Gasteiger partial charge in [-0.2, -0.15) is 0 Å². The van der Waals surface area contributed by atoms with Gasteiger partial charge >= 0.3 is 6.03 Å². The minimum Gasteiger partial charge on any atom is -0.388 e. The minimum atomic E-state index is -1.06. The summed E-state index contributed by atoms with van der Waals surface area (Å²) in [5, 5.41) is 12.4. The number of primary amides is 1. The Morgan fingerprint density at radius 1 is 1.40 bits per heavy atom. The van der Waals surface area contributed by atoms with Crippen molar-refractivity contribution in [3.8, 4) is 0 Å². The molecule has 0 saturated heterocycles. The Bertz CT molecular complexity index is 330. The zero-order valence-corrected chi connectivity index (χ0v) is 8.90. The van der Waals surface area contributed by atoms with Crippen LogP contribution >= 0.6 is 0 Å². The molecule has 0 fully saturated rings. The molecule has 0 spiro atoms. The molecule has 1 rings (SSSR count). The average Bonchev–Trinajstić information content (AvgIpc) is 2.14. The third kappa shape index (κ3) is 3.25. The lowest BCUT2D eigenvalue weighted by Gasteiger charge is -2.29. The molecule has 0 saturated carbocycles. The number of carbonyl (C=O) groups excluding carboxylic acids is 1. The highest BCUT2D eigenvalue weighted by molar-refractivity contribution is 5.72. The van der Waals surface area contributed by atoms with Crippen LogP contribution in [0, 0.1) is 0 Å². The average molecular weight is 208 g/mol. The molecule has 2 amide bonds. The van der Waals surface area contributed by atoms with Crippen LogP contribution in [-0.4, -0.2) is 16.7 Å². The Kier molecular flexibility index (Phi) is 3.31. The van der Waals surface area contributed by atoms with E-state index in [9.17, 15) is 9.90 Å². The van der Waals surface area contributed by atoms with Crippen molar-refractivity contribution < 1.29 is 9.90 Å². The Labute approximate surface area is 89.1 Å². The maximum absolute atomic E-state index is 10.8. The number of hydrogen-bond donors (Lipinski definition) is 3. The second-order valence-electron chi connectivity index (χ2n) is 4.01. The molecule has 82 valence electrons. The van der Waals surface area contributed by atoms with Gasteiger partial charge in [-0.15, -0.1) is 0 Å². The largest absolute Gasteiger partial charge is 0.388 e. The lowest BCUT2D eigenvalue weighted by atomic mass is 9.92. The molecule has 4 nitrogen and oxygen atoms in total. The monoisotopic (exact) mass is 208 g/mol. The van der Waals surface area contributed by atoms with Crippen LogP contribution in [0.15, 0.2) is 30.3 Å². The number of hydrogen-bond acceptors (Lipinski definition) is 2. The molecule has 15 heavy (non-hydrogen) atoms. The Balaban J connectivity index is 2.97. The molecule has 1 aromatic rings. The summed E-state index contributed by atoms with van der Waals surface area (Å²) in [4.78, 5) is 10.8. The Morgan fingerprint density at radius 3 is 2.33 bits per heavy atom. The lowest BCUT2D eigenvalue weighted by molar-refractivity contribution is 0.0413. The number of amides is 2. The van der Waals surface area contributed by atoms with Crippen molar-refractivity contribution in [2.45, 2.75) is 25.5 Å². The van der Waals surface area contributed by atoms with Crippen LogP contribution in [0.2, 0.25) is 0 Å². The summed E-state index contributed by atoms with van der Waals surface area (Å²) in [6.07, 6.45) is 0. The number of nitrogens with two attached hydrogens (primary N) is 1. The quantitative estimate of drug-likeness (QED) is 0.697. The van der Waals surface area contributed by atoms with Gasteiger partial charge in [-0.25, -0.2) is 4.79 Å². The second-order valence-corrected chi connectivity index (χ2v) is 4.01.